The quantitative estimate of drug-likeness (QED) is 0.339. The Hall–Kier alpha value is -4.08. The molecule has 2 saturated heterocycles. The van der Waals surface area contributed by atoms with Gasteiger partial charge in [-0.05, 0) is 78.3 Å². The van der Waals surface area contributed by atoms with Gasteiger partial charge in [-0.3, -0.25) is 4.84 Å². The summed E-state index contributed by atoms with van der Waals surface area (Å²) in [4.78, 5) is 19.5. The number of hydroxylamine groups is 1. The third-order valence-electron chi connectivity index (χ3n) is 7.25. The van der Waals surface area contributed by atoms with Crippen molar-refractivity contribution in [2.45, 2.75) is 12.5 Å². The van der Waals surface area contributed by atoms with Gasteiger partial charge in [0.25, 0.3) is 0 Å². The lowest BCUT2D eigenvalue weighted by atomic mass is 9.97. The van der Waals surface area contributed by atoms with Gasteiger partial charge in [0.05, 0.1) is 12.6 Å². The van der Waals surface area contributed by atoms with E-state index in [0.717, 1.165) is 37.4 Å². The molecule has 39 heavy (non-hydrogen) atoms. The number of benzene rings is 3. The van der Waals surface area contributed by atoms with Gasteiger partial charge in [0.15, 0.2) is 5.82 Å². The first-order valence-electron chi connectivity index (χ1n) is 13.1. The molecular weight excluding hydrogens is 498 g/mol. The highest BCUT2D eigenvalue weighted by Gasteiger charge is 2.30. The number of hydrogen-bond acceptors (Lipinski definition) is 7. The van der Waals surface area contributed by atoms with E-state index in [-0.39, 0.29) is 17.7 Å². The van der Waals surface area contributed by atoms with Gasteiger partial charge in [-0.1, -0.05) is 12.1 Å². The van der Waals surface area contributed by atoms with Gasteiger partial charge >= 0.3 is 0 Å². The van der Waals surface area contributed by atoms with Gasteiger partial charge in [0.2, 0.25) is 0 Å². The lowest BCUT2D eigenvalue weighted by Gasteiger charge is -2.34. The Bertz CT molecular complexity index is 1440. The van der Waals surface area contributed by atoms with Crippen LogP contribution in [0.2, 0.25) is 0 Å². The van der Waals surface area contributed by atoms with Crippen LogP contribution in [0.25, 0.3) is 11.1 Å². The van der Waals surface area contributed by atoms with Crippen LogP contribution >= 0.6 is 0 Å². The molecule has 3 aromatic carbocycles. The number of nitrogens with zero attached hydrogens (tertiary/aromatic N) is 5. The third-order valence-corrected chi connectivity index (χ3v) is 7.25. The summed E-state index contributed by atoms with van der Waals surface area (Å²) in [6, 6.07) is 20.9. The van der Waals surface area contributed by atoms with Crippen molar-refractivity contribution in [2.24, 2.45) is 0 Å². The number of hydrogen-bond donors (Lipinski definition) is 1. The maximum absolute atomic E-state index is 14.7. The van der Waals surface area contributed by atoms with E-state index in [4.69, 9.17) is 4.84 Å². The number of aromatic nitrogens is 2. The molecule has 200 valence electrons. The van der Waals surface area contributed by atoms with Crippen molar-refractivity contribution in [3.63, 3.8) is 0 Å². The fraction of sp³-hybridized carbons (Fsp3) is 0.267. The normalized spacial score (nSPS) is 18.0. The van der Waals surface area contributed by atoms with E-state index in [2.05, 4.69) is 44.3 Å². The Labute approximate surface area is 226 Å². The van der Waals surface area contributed by atoms with Crippen molar-refractivity contribution in [3.8, 4) is 11.1 Å². The molecule has 1 atom stereocenters. The lowest BCUT2D eigenvalue weighted by Crippen LogP contribution is -2.44. The van der Waals surface area contributed by atoms with Crippen LogP contribution in [0.5, 0.6) is 0 Å². The molecule has 2 aliphatic heterocycles. The molecule has 1 aromatic heterocycles. The zero-order valence-corrected chi connectivity index (χ0v) is 21.7. The Morgan fingerprint density at radius 3 is 2.44 bits per heavy atom. The average Bonchev–Trinajstić information content (AvgIpc) is 3.44. The summed E-state index contributed by atoms with van der Waals surface area (Å²) < 4.78 is 28.5. The van der Waals surface area contributed by atoms with Crippen LogP contribution in [0.3, 0.4) is 0 Å². The standard InChI is InChI=1S/C30H30F2N6O/c1-36-10-12-37(13-11-36)27-7-5-26(6-8-27)35-29-19-30(34-20-33-29)38-28(9-14-39-38)23-15-22(17-25(32)18-23)21-3-2-4-24(31)16-21/h2-8,15-20,28H,9-14H2,1H3,(H,33,34,35). The number of anilines is 4. The minimum absolute atomic E-state index is 0.251. The highest BCUT2D eigenvalue weighted by Crippen LogP contribution is 2.37. The van der Waals surface area contributed by atoms with E-state index in [0.29, 0.717) is 35.8 Å². The predicted octanol–water partition coefficient (Wildman–Crippen LogP) is 5.80. The van der Waals surface area contributed by atoms with Crippen molar-refractivity contribution in [2.75, 3.05) is 55.1 Å². The number of piperazine rings is 1. The second kappa shape index (κ2) is 11.0. The first-order chi connectivity index (χ1) is 19.0. The van der Waals surface area contributed by atoms with Gasteiger partial charge in [-0.15, -0.1) is 0 Å². The van der Waals surface area contributed by atoms with Crippen LogP contribution in [-0.4, -0.2) is 54.7 Å². The molecule has 0 spiro atoms. The van der Waals surface area contributed by atoms with Crippen molar-refractivity contribution >= 4 is 23.0 Å². The zero-order chi connectivity index (χ0) is 26.8. The molecule has 4 aromatic rings. The summed E-state index contributed by atoms with van der Waals surface area (Å²) >= 11 is 0. The minimum Gasteiger partial charge on any atom is -0.369 e. The molecule has 0 radical (unpaired) electrons. The Balaban J connectivity index is 1.19. The fourth-order valence-corrected chi connectivity index (χ4v) is 5.14. The largest absolute Gasteiger partial charge is 0.369 e. The van der Waals surface area contributed by atoms with E-state index in [1.54, 1.807) is 17.2 Å². The van der Waals surface area contributed by atoms with E-state index >= 15 is 0 Å². The topological polar surface area (TPSA) is 56.8 Å². The maximum atomic E-state index is 14.7. The molecule has 1 unspecified atom stereocenters. The molecule has 0 amide bonds. The van der Waals surface area contributed by atoms with Gasteiger partial charge in [0.1, 0.15) is 23.8 Å². The lowest BCUT2D eigenvalue weighted by molar-refractivity contribution is 0.157. The first kappa shape index (κ1) is 25.2. The molecule has 0 aliphatic carbocycles. The zero-order valence-electron chi connectivity index (χ0n) is 21.7. The highest BCUT2D eigenvalue weighted by atomic mass is 19.1. The van der Waals surface area contributed by atoms with E-state index in [9.17, 15) is 8.78 Å². The van der Waals surface area contributed by atoms with Crippen LogP contribution in [0.4, 0.5) is 31.8 Å². The number of rotatable bonds is 6. The monoisotopic (exact) mass is 528 g/mol. The fourth-order valence-electron chi connectivity index (χ4n) is 5.14. The van der Waals surface area contributed by atoms with Crippen molar-refractivity contribution in [1.29, 1.82) is 0 Å². The van der Waals surface area contributed by atoms with Gasteiger partial charge < -0.3 is 15.1 Å². The first-order valence-corrected chi connectivity index (χ1v) is 13.1. The van der Waals surface area contributed by atoms with E-state index in [1.165, 1.54) is 36.3 Å². The number of halogens is 2. The molecule has 0 bridgehead atoms. The van der Waals surface area contributed by atoms with E-state index < -0.39 is 0 Å². The maximum Gasteiger partial charge on any atom is 0.158 e. The van der Waals surface area contributed by atoms with Crippen LogP contribution in [0, 0.1) is 11.6 Å². The van der Waals surface area contributed by atoms with Gasteiger partial charge in [-0.2, -0.15) is 0 Å². The molecule has 2 fully saturated rings. The summed E-state index contributed by atoms with van der Waals surface area (Å²) in [6.07, 6.45) is 2.14. The summed E-state index contributed by atoms with van der Waals surface area (Å²) in [5, 5.41) is 5.05. The Kier molecular flexibility index (Phi) is 7.08. The molecule has 3 heterocycles. The molecule has 0 saturated carbocycles. The molecule has 6 rings (SSSR count). The molecule has 2 aliphatic rings. The number of nitrogens with one attached hydrogen (secondary N) is 1. The van der Waals surface area contributed by atoms with Crippen molar-refractivity contribution in [3.05, 3.63) is 96.3 Å². The van der Waals surface area contributed by atoms with Crippen LogP contribution in [0.1, 0.15) is 18.0 Å². The highest BCUT2D eigenvalue weighted by molar-refractivity contribution is 5.66. The summed E-state index contributed by atoms with van der Waals surface area (Å²) in [6.45, 7) is 4.63. The summed E-state index contributed by atoms with van der Waals surface area (Å²) in [5.41, 5.74) is 4.09. The summed E-state index contributed by atoms with van der Waals surface area (Å²) in [7, 11) is 2.15. The van der Waals surface area contributed by atoms with Crippen molar-refractivity contribution in [1.82, 2.24) is 14.9 Å². The molecular formula is C30H30F2N6O. The Morgan fingerprint density at radius 2 is 1.64 bits per heavy atom. The van der Waals surface area contributed by atoms with E-state index in [1.807, 2.05) is 24.3 Å². The van der Waals surface area contributed by atoms with Crippen LogP contribution in [0.15, 0.2) is 79.1 Å². The van der Waals surface area contributed by atoms with Crippen LogP contribution < -0.4 is 15.3 Å². The average molecular weight is 529 g/mol. The minimum atomic E-state index is -0.385. The van der Waals surface area contributed by atoms with Gasteiger partial charge in [0, 0.05) is 50.0 Å². The Morgan fingerprint density at radius 1 is 0.846 bits per heavy atom. The summed E-state index contributed by atoms with van der Waals surface area (Å²) in [5.74, 6) is 0.449. The SMILES string of the molecule is CN1CCN(c2ccc(Nc3cc(N4OCCC4c4cc(F)cc(-c5cccc(F)c5)c4)ncn3)cc2)CC1. The second-order valence-corrected chi connectivity index (χ2v) is 9.97. The molecule has 1 N–H and O–H groups in total. The van der Waals surface area contributed by atoms with Crippen LogP contribution in [-0.2, 0) is 4.84 Å². The van der Waals surface area contributed by atoms with Gasteiger partial charge in [-0.25, -0.2) is 23.8 Å². The smallest absolute Gasteiger partial charge is 0.158 e. The predicted molar refractivity (Wildman–Crippen MR) is 149 cm³/mol. The molecule has 7 nitrogen and oxygen atoms in total. The van der Waals surface area contributed by atoms with Crippen molar-refractivity contribution < 1.29 is 13.6 Å². The molecule has 9 heteroatoms. The number of likely N-dealkylation sites (N-methyl/N-ethyl adjacent to an activating group) is 1. The third kappa shape index (κ3) is 5.69. The second-order valence-electron chi connectivity index (χ2n) is 9.97.